The number of carbonyl (C=O) groups excluding carboxylic acids is 3. The zero-order valence-electron chi connectivity index (χ0n) is 17.7. The molecular formula is C22H21FN4O4S. The molecule has 0 aliphatic rings. The monoisotopic (exact) mass is 456 g/mol. The summed E-state index contributed by atoms with van der Waals surface area (Å²) in [7, 11) is 1.67. The minimum Gasteiger partial charge on any atom is -0.452 e. The molecule has 1 N–H and O–H groups in total. The van der Waals surface area contributed by atoms with Crippen LogP contribution in [0, 0.1) is 5.82 Å². The van der Waals surface area contributed by atoms with Crippen molar-refractivity contribution in [3.63, 3.8) is 0 Å². The summed E-state index contributed by atoms with van der Waals surface area (Å²) in [4.78, 5) is 36.0. The maximum atomic E-state index is 14.0. The predicted molar refractivity (Wildman–Crippen MR) is 118 cm³/mol. The minimum atomic E-state index is -1.04. The first-order valence-electron chi connectivity index (χ1n) is 9.64. The highest BCUT2D eigenvalue weighted by molar-refractivity contribution is 7.99. The molecule has 0 saturated heterocycles. The maximum absolute atomic E-state index is 14.0. The van der Waals surface area contributed by atoms with Gasteiger partial charge in [0.2, 0.25) is 0 Å². The number of amides is 1. The van der Waals surface area contributed by atoms with Crippen LogP contribution in [0.2, 0.25) is 0 Å². The number of hydrogen-bond donors (Lipinski definition) is 1. The molecule has 0 radical (unpaired) electrons. The van der Waals surface area contributed by atoms with E-state index in [2.05, 4.69) is 15.5 Å². The van der Waals surface area contributed by atoms with E-state index in [0.29, 0.717) is 27.8 Å². The molecule has 0 aliphatic heterocycles. The summed E-state index contributed by atoms with van der Waals surface area (Å²) in [5.74, 6) is -1.47. The molecule has 0 saturated carbocycles. The van der Waals surface area contributed by atoms with Crippen LogP contribution in [-0.2, 0) is 21.4 Å². The van der Waals surface area contributed by atoms with E-state index < -0.39 is 23.8 Å². The number of Topliss-reactive ketones (excluding diaryl/α,β-unsaturated/α-hetero) is 1. The molecule has 8 nitrogen and oxygen atoms in total. The quantitative estimate of drug-likeness (QED) is 0.314. The number of ether oxygens (including phenoxy) is 1. The normalized spacial score (nSPS) is 11.6. The number of hydrogen-bond acceptors (Lipinski definition) is 7. The van der Waals surface area contributed by atoms with Crippen molar-refractivity contribution in [1.29, 1.82) is 0 Å². The summed E-state index contributed by atoms with van der Waals surface area (Å²) >= 11 is 1.06. The first kappa shape index (κ1) is 23.1. The second-order valence-corrected chi connectivity index (χ2v) is 7.83. The molecule has 3 rings (SSSR count). The van der Waals surface area contributed by atoms with Crippen molar-refractivity contribution >= 4 is 35.1 Å². The summed E-state index contributed by atoms with van der Waals surface area (Å²) in [6.45, 7) is 2.88. The topological polar surface area (TPSA) is 103 Å². The Morgan fingerprint density at radius 2 is 1.91 bits per heavy atom. The fourth-order valence-corrected chi connectivity index (χ4v) is 3.48. The van der Waals surface area contributed by atoms with Gasteiger partial charge < -0.3 is 14.6 Å². The van der Waals surface area contributed by atoms with E-state index in [1.165, 1.54) is 19.9 Å². The number of nitrogens with one attached hydrogen (secondary N) is 1. The van der Waals surface area contributed by atoms with E-state index in [0.717, 1.165) is 11.8 Å². The molecule has 2 aromatic carbocycles. The number of rotatable bonds is 8. The van der Waals surface area contributed by atoms with Gasteiger partial charge in [-0.3, -0.25) is 14.4 Å². The van der Waals surface area contributed by atoms with Gasteiger partial charge in [-0.1, -0.05) is 36.0 Å². The van der Waals surface area contributed by atoms with Gasteiger partial charge in [-0.05, 0) is 38.1 Å². The summed E-state index contributed by atoms with van der Waals surface area (Å²) in [5, 5.41) is 11.0. The number of ketones is 1. The Bertz CT molecular complexity index is 1160. The molecule has 166 valence electrons. The van der Waals surface area contributed by atoms with Gasteiger partial charge in [-0.15, -0.1) is 10.2 Å². The van der Waals surface area contributed by atoms with E-state index >= 15 is 0 Å². The van der Waals surface area contributed by atoms with Crippen molar-refractivity contribution in [2.24, 2.45) is 7.05 Å². The summed E-state index contributed by atoms with van der Waals surface area (Å²) in [5.41, 5.74) is 1.19. The third kappa shape index (κ3) is 5.58. The lowest BCUT2D eigenvalue weighted by Crippen LogP contribution is -2.30. The number of aromatic nitrogens is 3. The maximum Gasteiger partial charge on any atom is 0.317 e. The van der Waals surface area contributed by atoms with Crippen LogP contribution >= 0.6 is 11.8 Å². The Morgan fingerprint density at radius 3 is 2.62 bits per heavy atom. The van der Waals surface area contributed by atoms with Crippen molar-refractivity contribution in [1.82, 2.24) is 14.8 Å². The van der Waals surface area contributed by atoms with Crippen LogP contribution in [0.5, 0.6) is 0 Å². The lowest BCUT2D eigenvalue weighted by molar-refractivity contribution is -0.150. The SMILES string of the molecule is CC(=O)c1cccc(NC(=O)C(C)OC(=O)CSc2nnc(-c3ccccc3F)n2C)c1. The summed E-state index contributed by atoms with van der Waals surface area (Å²) in [6.07, 6.45) is -1.04. The van der Waals surface area contributed by atoms with Crippen LogP contribution in [0.25, 0.3) is 11.4 Å². The van der Waals surface area contributed by atoms with Crippen molar-refractivity contribution < 1.29 is 23.5 Å². The molecular weight excluding hydrogens is 435 g/mol. The molecule has 0 fully saturated rings. The van der Waals surface area contributed by atoms with Gasteiger partial charge in [-0.25, -0.2) is 4.39 Å². The Balaban J connectivity index is 1.55. The number of benzene rings is 2. The Hall–Kier alpha value is -3.53. The average Bonchev–Trinajstić information content (AvgIpc) is 3.12. The number of carbonyl (C=O) groups is 3. The fourth-order valence-electron chi connectivity index (χ4n) is 2.79. The van der Waals surface area contributed by atoms with Crippen LogP contribution in [0.3, 0.4) is 0 Å². The standard InChI is InChI=1S/C22H21FN4O4S/c1-13(28)15-7-6-8-16(11-15)24-21(30)14(2)31-19(29)12-32-22-26-25-20(27(22)3)17-9-4-5-10-18(17)23/h4-11,14H,12H2,1-3H3,(H,24,30). The van der Waals surface area contributed by atoms with E-state index in [4.69, 9.17) is 4.74 Å². The second kappa shape index (κ2) is 10.2. The molecule has 0 bridgehead atoms. The van der Waals surface area contributed by atoms with Gasteiger partial charge in [0.1, 0.15) is 5.82 Å². The van der Waals surface area contributed by atoms with Crippen molar-refractivity contribution in [3.05, 3.63) is 59.9 Å². The van der Waals surface area contributed by atoms with Crippen LogP contribution in [0.1, 0.15) is 24.2 Å². The van der Waals surface area contributed by atoms with E-state index in [1.807, 2.05) is 0 Å². The van der Waals surface area contributed by atoms with Crippen LogP contribution < -0.4 is 5.32 Å². The lowest BCUT2D eigenvalue weighted by atomic mass is 10.1. The summed E-state index contributed by atoms with van der Waals surface area (Å²) < 4.78 is 20.8. The Labute approximate surface area is 188 Å². The number of halogens is 1. The van der Waals surface area contributed by atoms with E-state index in [1.54, 1.807) is 54.1 Å². The van der Waals surface area contributed by atoms with Crippen LogP contribution in [-0.4, -0.2) is 44.3 Å². The largest absolute Gasteiger partial charge is 0.452 e. The molecule has 0 spiro atoms. The zero-order chi connectivity index (χ0) is 23.3. The third-order valence-electron chi connectivity index (χ3n) is 4.48. The number of nitrogens with zero attached hydrogens (tertiary/aromatic N) is 3. The Morgan fingerprint density at radius 1 is 1.16 bits per heavy atom. The molecule has 10 heteroatoms. The first-order chi connectivity index (χ1) is 15.3. The molecule has 32 heavy (non-hydrogen) atoms. The number of thioether (sulfide) groups is 1. The van der Waals surface area contributed by atoms with Gasteiger partial charge in [0.05, 0.1) is 11.3 Å². The molecule has 3 aromatic rings. The van der Waals surface area contributed by atoms with Gasteiger partial charge >= 0.3 is 5.97 Å². The van der Waals surface area contributed by atoms with E-state index in [9.17, 15) is 18.8 Å². The summed E-state index contributed by atoms with van der Waals surface area (Å²) in [6, 6.07) is 12.7. The molecule has 1 aromatic heterocycles. The van der Waals surface area contributed by atoms with Gasteiger partial charge in [0, 0.05) is 18.3 Å². The molecule has 1 heterocycles. The van der Waals surface area contributed by atoms with Crippen molar-refractivity contribution in [2.75, 3.05) is 11.1 Å². The second-order valence-electron chi connectivity index (χ2n) is 6.89. The lowest BCUT2D eigenvalue weighted by Gasteiger charge is -2.13. The predicted octanol–water partition coefficient (Wildman–Crippen LogP) is 3.49. The smallest absolute Gasteiger partial charge is 0.317 e. The Kier molecular flexibility index (Phi) is 7.37. The fraction of sp³-hybridized carbons (Fsp3) is 0.227. The highest BCUT2D eigenvalue weighted by Gasteiger charge is 2.20. The van der Waals surface area contributed by atoms with Crippen molar-refractivity contribution in [2.45, 2.75) is 25.1 Å². The average molecular weight is 456 g/mol. The van der Waals surface area contributed by atoms with Crippen molar-refractivity contribution in [3.8, 4) is 11.4 Å². The number of esters is 1. The highest BCUT2D eigenvalue weighted by atomic mass is 32.2. The van der Waals surface area contributed by atoms with Gasteiger partial charge in [0.25, 0.3) is 5.91 Å². The number of anilines is 1. The molecule has 1 amide bonds. The van der Waals surface area contributed by atoms with Crippen LogP contribution in [0.4, 0.5) is 10.1 Å². The minimum absolute atomic E-state index is 0.110. The zero-order valence-corrected chi connectivity index (χ0v) is 18.5. The van der Waals surface area contributed by atoms with Gasteiger partial charge in [0.15, 0.2) is 22.9 Å². The third-order valence-corrected chi connectivity index (χ3v) is 5.48. The highest BCUT2D eigenvalue weighted by Crippen LogP contribution is 2.24. The van der Waals surface area contributed by atoms with E-state index in [-0.39, 0.29) is 11.5 Å². The molecule has 0 aliphatic carbocycles. The molecule has 1 atom stereocenters. The van der Waals surface area contributed by atoms with Crippen LogP contribution in [0.15, 0.2) is 53.7 Å². The first-order valence-corrected chi connectivity index (χ1v) is 10.6. The molecule has 1 unspecified atom stereocenters. The van der Waals surface area contributed by atoms with Gasteiger partial charge in [-0.2, -0.15) is 0 Å².